The molecule has 2 heteroatoms. The highest BCUT2D eigenvalue weighted by Gasteiger charge is 2.47. The Morgan fingerprint density at radius 2 is 2.12 bits per heavy atom. The lowest BCUT2D eigenvalue weighted by molar-refractivity contribution is -0.126. The number of ketones is 1. The van der Waals surface area contributed by atoms with Crippen LogP contribution in [0, 0.1) is 17.3 Å². The van der Waals surface area contributed by atoms with Gasteiger partial charge in [0.15, 0.2) is 0 Å². The van der Waals surface area contributed by atoms with E-state index in [2.05, 4.69) is 26.8 Å². The normalized spacial score (nSPS) is 39.6. The molecule has 0 aromatic heterocycles. The van der Waals surface area contributed by atoms with Crippen LogP contribution in [-0.2, 0) is 4.79 Å². The van der Waals surface area contributed by atoms with E-state index in [0.717, 1.165) is 12.8 Å². The first kappa shape index (κ1) is 11.8. The van der Waals surface area contributed by atoms with Crippen LogP contribution < -0.4 is 0 Å². The quantitative estimate of drug-likeness (QED) is 0.693. The maximum atomic E-state index is 11.6. The summed E-state index contributed by atoms with van der Waals surface area (Å²) < 4.78 is 0. The van der Waals surface area contributed by atoms with E-state index in [1.165, 1.54) is 5.57 Å². The van der Waals surface area contributed by atoms with E-state index in [9.17, 15) is 9.90 Å². The van der Waals surface area contributed by atoms with Crippen molar-refractivity contribution in [1.82, 2.24) is 0 Å². The van der Waals surface area contributed by atoms with Gasteiger partial charge < -0.3 is 5.11 Å². The number of hydrogen-bond acceptors (Lipinski definition) is 2. The van der Waals surface area contributed by atoms with Gasteiger partial charge in [-0.15, -0.1) is 0 Å². The molecule has 2 aliphatic rings. The van der Waals surface area contributed by atoms with Gasteiger partial charge in [0.25, 0.3) is 0 Å². The Hall–Kier alpha value is -0.630. The molecule has 1 N–H and O–H groups in total. The molecule has 0 amide bonds. The van der Waals surface area contributed by atoms with Crippen molar-refractivity contribution < 1.29 is 9.90 Å². The molecule has 16 heavy (non-hydrogen) atoms. The molecular weight excluding hydrogens is 200 g/mol. The second-order valence-corrected chi connectivity index (χ2v) is 5.95. The summed E-state index contributed by atoms with van der Waals surface area (Å²) in [5.41, 5.74) is 1.04. The second kappa shape index (κ2) is 3.99. The first-order valence-corrected chi connectivity index (χ1v) is 6.34. The first-order chi connectivity index (χ1) is 7.45. The van der Waals surface area contributed by atoms with Crippen molar-refractivity contribution in [3.8, 4) is 0 Å². The summed E-state index contributed by atoms with van der Waals surface area (Å²) >= 11 is 0. The Morgan fingerprint density at radius 3 is 2.75 bits per heavy atom. The van der Waals surface area contributed by atoms with Crippen LogP contribution in [-0.4, -0.2) is 17.0 Å². The van der Waals surface area contributed by atoms with Gasteiger partial charge in [0.05, 0.1) is 6.10 Å². The molecule has 0 aromatic rings. The van der Waals surface area contributed by atoms with E-state index >= 15 is 0 Å². The third kappa shape index (κ3) is 1.73. The van der Waals surface area contributed by atoms with E-state index in [4.69, 9.17) is 0 Å². The number of rotatable bonds is 1. The van der Waals surface area contributed by atoms with Gasteiger partial charge in [0, 0.05) is 18.3 Å². The van der Waals surface area contributed by atoms with Crippen LogP contribution in [0.2, 0.25) is 0 Å². The Balaban J connectivity index is 2.31. The van der Waals surface area contributed by atoms with Crippen LogP contribution in [0.25, 0.3) is 0 Å². The molecule has 0 spiro atoms. The third-order valence-electron chi connectivity index (χ3n) is 4.52. The van der Waals surface area contributed by atoms with E-state index in [1.54, 1.807) is 0 Å². The third-order valence-corrected chi connectivity index (χ3v) is 4.52. The van der Waals surface area contributed by atoms with Gasteiger partial charge in [0.2, 0.25) is 0 Å². The molecule has 3 atom stereocenters. The molecule has 2 aliphatic carbocycles. The fourth-order valence-corrected chi connectivity index (χ4v) is 3.32. The van der Waals surface area contributed by atoms with Gasteiger partial charge >= 0.3 is 0 Å². The highest BCUT2D eigenvalue weighted by Crippen LogP contribution is 2.49. The molecule has 0 radical (unpaired) electrons. The van der Waals surface area contributed by atoms with Crippen molar-refractivity contribution in [1.29, 1.82) is 0 Å². The van der Waals surface area contributed by atoms with E-state index in [0.29, 0.717) is 30.5 Å². The maximum absolute atomic E-state index is 11.6. The molecule has 0 heterocycles. The van der Waals surface area contributed by atoms with Gasteiger partial charge in [-0.05, 0) is 24.7 Å². The molecule has 90 valence electrons. The van der Waals surface area contributed by atoms with Gasteiger partial charge in [-0.2, -0.15) is 0 Å². The lowest BCUT2D eigenvalue weighted by atomic mass is 9.59. The fraction of sp³-hybridized carbons (Fsp3) is 0.786. The average molecular weight is 222 g/mol. The first-order valence-electron chi connectivity index (χ1n) is 6.34. The summed E-state index contributed by atoms with van der Waals surface area (Å²) in [6.07, 6.45) is 4.96. The summed E-state index contributed by atoms with van der Waals surface area (Å²) in [7, 11) is 0. The van der Waals surface area contributed by atoms with Crippen molar-refractivity contribution in [3.05, 3.63) is 11.6 Å². The monoisotopic (exact) mass is 222 g/mol. The highest BCUT2D eigenvalue weighted by molar-refractivity contribution is 5.81. The predicted octanol–water partition coefficient (Wildman–Crippen LogP) is 2.71. The van der Waals surface area contributed by atoms with Crippen molar-refractivity contribution >= 4 is 5.78 Å². The molecule has 0 aliphatic heterocycles. The molecule has 2 rings (SSSR count). The van der Waals surface area contributed by atoms with Gasteiger partial charge in [-0.3, -0.25) is 4.79 Å². The van der Waals surface area contributed by atoms with Crippen LogP contribution in [0.1, 0.15) is 46.5 Å². The summed E-state index contributed by atoms with van der Waals surface area (Å²) in [5, 5.41) is 10.5. The molecule has 1 saturated carbocycles. The van der Waals surface area contributed by atoms with Crippen LogP contribution in [0.4, 0.5) is 0 Å². The molecular formula is C14H22O2. The molecule has 2 nitrogen and oxygen atoms in total. The summed E-state index contributed by atoms with van der Waals surface area (Å²) in [6, 6.07) is 0. The predicted molar refractivity (Wildman–Crippen MR) is 64.0 cm³/mol. The maximum Gasteiger partial charge on any atom is 0.134 e. The number of Topliss-reactive ketones (excluding diaryl/α,β-unsaturated/α-hetero) is 1. The summed E-state index contributed by atoms with van der Waals surface area (Å²) in [4.78, 5) is 11.6. The van der Waals surface area contributed by atoms with Gasteiger partial charge in [-0.25, -0.2) is 0 Å². The highest BCUT2D eigenvalue weighted by atomic mass is 16.3. The van der Waals surface area contributed by atoms with Gasteiger partial charge in [0.1, 0.15) is 5.78 Å². The fourth-order valence-electron chi connectivity index (χ4n) is 3.32. The van der Waals surface area contributed by atoms with E-state index < -0.39 is 0 Å². The smallest absolute Gasteiger partial charge is 0.134 e. The zero-order valence-corrected chi connectivity index (χ0v) is 10.5. The Kier molecular flexibility index (Phi) is 2.95. The van der Waals surface area contributed by atoms with Crippen LogP contribution in [0.3, 0.4) is 0 Å². The Bertz CT molecular complexity index is 330. The largest absolute Gasteiger partial charge is 0.392 e. The lowest BCUT2D eigenvalue weighted by Gasteiger charge is -2.47. The number of carbonyl (C=O) groups is 1. The number of aliphatic hydroxyl groups excluding tert-OH is 1. The van der Waals surface area contributed by atoms with Crippen molar-refractivity contribution in [2.75, 3.05) is 0 Å². The van der Waals surface area contributed by atoms with Crippen molar-refractivity contribution in [3.63, 3.8) is 0 Å². The Labute approximate surface area is 97.7 Å². The molecule has 1 fully saturated rings. The summed E-state index contributed by atoms with van der Waals surface area (Å²) in [5.74, 6) is 1.09. The summed E-state index contributed by atoms with van der Waals surface area (Å²) in [6.45, 7) is 6.37. The average Bonchev–Trinajstić information content (AvgIpc) is 2.19. The number of hydrogen-bond donors (Lipinski definition) is 1. The topological polar surface area (TPSA) is 37.3 Å². The standard InChI is InChI=1S/C14H22O2/c1-9(2)12-7-5-10-4-6-11(15)8-14(10,3)13(12)16/h5,9,12-13,16H,4,6-8H2,1-3H3/t12-,13-,14-/m0/s1. The molecule has 0 saturated heterocycles. The molecule has 0 unspecified atom stereocenters. The van der Waals surface area contributed by atoms with E-state index in [-0.39, 0.29) is 11.5 Å². The van der Waals surface area contributed by atoms with Crippen molar-refractivity contribution in [2.24, 2.45) is 17.3 Å². The zero-order valence-electron chi connectivity index (χ0n) is 10.5. The minimum Gasteiger partial charge on any atom is -0.392 e. The molecule has 0 bridgehead atoms. The van der Waals surface area contributed by atoms with Gasteiger partial charge in [-0.1, -0.05) is 32.4 Å². The number of carbonyl (C=O) groups excluding carboxylic acids is 1. The zero-order chi connectivity index (χ0) is 11.9. The van der Waals surface area contributed by atoms with Crippen LogP contribution in [0.15, 0.2) is 11.6 Å². The number of allylic oxidation sites excluding steroid dienone is 1. The van der Waals surface area contributed by atoms with Crippen LogP contribution in [0.5, 0.6) is 0 Å². The molecule has 0 aromatic carbocycles. The number of fused-ring (bicyclic) bond motifs is 1. The lowest BCUT2D eigenvalue weighted by Crippen LogP contribution is -2.47. The minimum absolute atomic E-state index is 0.275. The minimum atomic E-state index is -0.350. The SMILES string of the molecule is CC(C)[C@@H]1CC=C2CCC(=O)C[C@]2(C)[C@H]1O. The number of aliphatic hydroxyl groups is 1. The Morgan fingerprint density at radius 1 is 1.44 bits per heavy atom. The van der Waals surface area contributed by atoms with Crippen molar-refractivity contribution in [2.45, 2.75) is 52.6 Å². The second-order valence-electron chi connectivity index (χ2n) is 5.95. The van der Waals surface area contributed by atoms with Crippen LogP contribution >= 0.6 is 0 Å². The van der Waals surface area contributed by atoms with E-state index in [1.807, 2.05) is 0 Å².